The van der Waals surface area contributed by atoms with Crippen molar-refractivity contribution in [1.82, 2.24) is 0 Å². The van der Waals surface area contributed by atoms with Crippen LogP contribution >= 0.6 is 0 Å². The summed E-state index contributed by atoms with van der Waals surface area (Å²) in [6.07, 6.45) is 2.82. The van der Waals surface area contributed by atoms with Gasteiger partial charge in [-0.3, -0.25) is 4.79 Å². The Morgan fingerprint density at radius 1 is 1.50 bits per heavy atom. The van der Waals surface area contributed by atoms with Crippen LogP contribution in [0.5, 0.6) is 0 Å². The number of rotatable bonds is 4. The third-order valence-corrected chi connectivity index (χ3v) is 4.20. The van der Waals surface area contributed by atoms with Crippen molar-refractivity contribution in [3.8, 4) is 0 Å². The van der Waals surface area contributed by atoms with Crippen molar-refractivity contribution in [2.45, 2.75) is 51.6 Å². The van der Waals surface area contributed by atoms with Gasteiger partial charge in [0.15, 0.2) is 0 Å². The second-order valence-corrected chi connectivity index (χ2v) is 6.26. The van der Waals surface area contributed by atoms with Crippen LogP contribution in [0.15, 0.2) is 18.2 Å². The van der Waals surface area contributed by atoms with Gasteiger partial charge in [-0.05, 0) is 51.7 Å². The molecule has 2 unspecified atom stereocenters. The molecule has 0 spiro atoms. The topological polar surface area (TPSA) is 72.3 Å². The van der Waals surface area contributed by atoms with E-state index in [4.69, 9.17) is 11.5 Å². The predicted molar refractivity (Wildman–Crippen MR) is 82.7 cm³/mol. The fraction of sp³-hybridized carbons (Fsp3) is 0.562. The van der Waals surface area contributed by atoms with Crippen LogP contribution in [-0.2, 0) is 11.2 Å². The molecule has 20 heavy (non-hydrogen) atoms. The van der Waals surface area contributed by atoms with Gasteiger partial charge in [0.25, 0.3) is 0 Å². The van der Waals surface area contributed by atoms with Gasteiger partial charge in [-0.1, -0.05) is 17.7 Å². The SMILES string of the molecule is Cc1ccc2c(c1)CCCN2C(C)CC(C)(N)C(N)=O. The Labute approximate surface area is 121 Å². The molecule has 4 heteroatoms. The van der Waals surface area contributed by atoms with Crippen LogP contribution in [-0.4, -0.2) is 24.0 Å². The van der Waals surface area contributed by atoms with Crippen LogP contribution < -0.4 is 16.4 Å². The summed E-state index contributed by atoms with van der Waals surface area (Å²) >= 11 is 0. The van der Waals surface area contributed by atoms with Crippen molar-refractivity contribution in [3.05, 3.63) is 29.3 Å². The maximum Gasteiger partial charge on any atom is 0.237 e. The van der Waals surface area contributed by atoms with E-state index in [9.17, 15) is 4.79 Å². The molecule has 4 N–H and O–H groups in total. The number of nitrogens with zero attached hydrogens (tertiary/aromatic N) is 1. The summed E-state index contributed by atoms with van der Waals surface area (Å²) in [6.45, 7) is 6.95. The van der Waals surface area contributed by atoms with E-state index in [0.29, 0.717) is 6.42 Å². The molecule has 0 saturated carbocycles. The average Bonchev–Trinajstić information content (AvgIpc) is 2.36. The zero-order chi connectivity index (χ0) is 14.9. The molecule has 1 amide bonds. The summed E-state index contributed by atoms with van der Waals surface area (Å²) in [7, 11) is 0. The highest BCUT2D eigenvalue weighted by molar-refractivity contribution is 5.84. The molecule has 1 aromatic carbocycles. The lowest BCUT2D eigenvalue weighted by molar-refractivity contribution is -0.122. The molecule has 0 saturated heterocycles. The van der Waals surface area contributed by atoms with Crippen LogP contribution in [0.4, 0.5) is 5.69 Å². The fourth-order valence-electron chi connectivity index (χ4n) is 3.04. The molecule has 2 atom stereocenters. The Bertz CT molecular complexity index is 510. The minimum absolute atomic E-state index is 0.194. The number of nitrogens with two attached hydrogens (primary N) is 2. The number of aryl methyl sites for hydroxylation is 2. The summed E-state index contributed by atoms with van der Waals surface area (Å²) in [5, 5.41) is 0. The molecule has 0 aliphatic carbocycles. The lowest BCUT2D eigenvalue weighted by Crippen LogP contribution is -2.53. The van der Waals surface area contributed by atoms with E-state index in [2.05, 4.69) is 36.9 Å². The third-order valence-electron chi connectivity index (χ3n) is 4.20. The Morgan fingerprint density at radius 2 is 2.20 bits per heavy atom. The highest BCUT2D eigenvalue weighted by Gasteiger charge is 2.31. The van der Waals surface area contributed by atoms with Gasteiger partial charge in [-0.15, -0.1) is 0 Å². The summed E-state index contributed by atoms with van der Waals surface area (Å²) in [6, 6.07) is 6.77. The summed E-state index contributed by atoms with van der Waals surface area (Å²) in [4.78, 5) is 13.8. The van der Waals surface area contributed by atoms with Gasteiger partial charge < -0.3 is 16.4 Å². The molecule has 0 fully saturated rings. The zero-order valence-corrected chi connectivity index (χ0v) is 12.6. The van der Waals surface area contributed by atoms with Crippen molar-refractivity contribution in [3.63, 3.8) is 0 Å². The quantitative estimate of drug-likeness (QED) is 0.879. The van der Waals surface area contributed by atoms with Crippen molar-refractivity contribution >= 4 is 11.6 Å². The van der Waals surface area contributed by atoms with Crippen LogP contribution in [0.3, 0.4) is 0 Å². The van der Waals surface area contributed by atoms with Gasteiger partial charge in [-0.25, -0.2) is 0 Å². The fourth-order valence-corrected chi connectivity index (χ4v) is 3.04. The maximum absolute atomic E-state index is 11.4. The van der Waals surface area contributed by atoms with E-state index in [1.165, 1.54) is 16.8 Å². The smallest absolute Gasteiger partial charge is 0.237 e. The minimum Gasteiger partial charge on any atom is -0.369 e. The maximum atomic E-state index is 11.4. The number of amides is 1. The molecular weight excluding hydrogens is 250 g/mol. The first-order chi connectivity index (χ1) is 9.31. The first kappa shape index (κ1) is 14.9. The van der Waals surface area contributed by atoms with Gasteiger partial charge in [0.2, 0.25) is 5.91 Å². The van der Waals surface area contributed by atoms with Gasteiger partial charge in [0.1, 0.15) is 0 Å². The Hall–Kier alpha value is -1.55. The van der Waals surface area contributed by atoms with E-state index < -0.39 is 11.4 Å². The zero-order valence-electron chi connectivity index (χ0n) is 12.6. The standard InChI is InChI=1S/C16H25N3O/c1-11-6-7-14-13(9-11)5-4-8-19(14)12(2)10-16(3,18)15(17)20/h6-7,9,12H,4-5,8,10,18H2,1-3H3,(H2,17,20). The average molecular weight is 275 g/mol. The summed E-state index contributed by atoms with van der Waals surface area (Å²) < 4.78 is 0. The third kappa shape index (κ3) is 2.96. The minimum atomic E-state index is -0.957. The molecule has 4 nitrogen and oxygen atoms in total. The second kappa shape index (κ2) is 5.44. The predicted octanol–water partition coefficient (Wildman–Crippen LogP) is 1.73. The van der Waals surface area contributed by atoms with Crippen LogP contribution in [0.2, 0.25) is 0 Å². The van der Waals surface area contributed by atoms with Crippen molar-refractivity contribution in [2.24, 2.45) is 11.5 Å². The first-order valence-corrected chi connectivity index (χ1v) is 7.26. The lowest BCUT2D eigenvalue weighted by Gasteiger charge is -2.39. The molecule has 0 aromatic heterocycles. The molecule has 1 aliphatic rings. The molecule has 1 aliphatic heterocycles. The second-order valence-electron chi connectivity index (χ2n) is 6.26. The van der Waals surface area contributed by atoms with E-state index in [1.807, 2.05) is 0 Å². The Morgan fingerprint density at radius 3 is 2.85 bits per heavy atom. The number of carbonyl (C=O) groups excluding carboxylic acids is 1. The van der Waals surface area contributed by atoms with Crippen molar-refractivity contribution in [2.75, 3.05) is 11.4 Å². The molecule has 0 radical (unpaired) electrons. The van der Waals surface area contributed by atoms with Crippen LogP contribution in [0.25, 0.3) is 0 Å². The van der Waals surface area contributed by atoms with Crippen LogP contribution in [0, 0.1) is 6.92 Å². The number of anilines is 1. The monoisotopic (exact) mass is 275 g/mol. The summed E-state index contributed by atoms with van der Waals surface area (Å²) in [5.41, 5.74) is 14.4. The highest BCUT2D eigenvalue weighted by Crippen LogP contribution is 2.31. The normalized spacial score (nSPS) is 19.1. The van der Waals surface area contributed by atoms with Gasteiger partial charge in [-0.2, -0.15) is 0 Å². The number of hydrogen-bond donors (Lipinski definition) is 2. The largest absolute Gasteiger partial charge is 0.369 e. The number of fused-ring (bicyclic) bond motifs is 1. The van der Waals surface area contributed by atoms with Crippen LogP contribution in [0.1, 0.15) is 37.8 Å². The molecule has 2 rings (SSSR count). The first-order valence-electron chi connectivity index (χ1n) is 7.26. The summed E-state index contributed by atoms with van der Waals surface area (Å²) in [5.74, 6) is -0.439. The van der Waals surface area contributed by atoms with E-state index in [1.54, 1.807) is 6.92 Å². The number of hydrogen-bond acceptors (Lipinski definition) is 3. The van der Waals surface area contributed by atoms with Crippen molar-refractivity contribution in [1.29, 1.82) is 0 Å². The lowest BCUT2D eigenvalue weighted by atomic mass is 9.91. The Balaban J connectivity index is 2.21. The van der Waals surface area contributed by atoms with Gasteiger partial charge >= 0.3 is 0 Å². The number of primary amides is 1. The van der Waals surface area contributed by atoms with Gasteiger partial charge in [0.05, 0.1) is 5.54 Å². The highest BCUT2D eigenvalue weighted by atomic mass is 16.1. The van der Waals surface area contributed by atoms with E-state index in [0.717, 1.165) is 19.4 Å². The molecule has 1 aromatic rings. The number of carbonyl (C=O) groups is 1. The molecule has 1 heterocycles. The van der Waals surface area contributed by atoms with Crippen molar-refractivity contribution < 1.29 is 4.79 Å². The Kier molecular flexibility index (Phi) is 4.04. The molecular formula is C16H25N3O. The van der Waals surface area contributed by atoms with Gasteiger partial charge in [0, 0.05) is 18.3 Å². The van der Waals surface area contributed by atoms with E-state index in [-0.39, 0.29) is 6.04 Å². The van der Waals surface area contributed by atoms with E-state index >= 15 is 0 Å². The molecule has 0 bridgehead atoms. The molecule has 110 valence electrons. The number of benzene rings is 1.